The van der Waals surface area contributed by atoms with Gasteiger partial charge in [-0.15, -0.1) is 0 Å². The van der Waals surface area contributed by atoms with Crippen molar-refractivity contribution in [2.75, 3.05) is 33.3 Å². The van der Waals surface area contributed by atoms with E-state index in [1.807, 2.05) is 18.9 Å². The number of amides is 1. The van der Waals surface area contributed by atoms with Crippen molar-refractivity contribution < 1.29 is 14.3 Å². The molecule has 1 saturated heterocycles. The molecule has 0 spiro atoms. The Labute approximate surface area is 138 Å². The normalized spacial score (nSPS) is 17.3. The van der Waals surface area contributed by atoms with E-state index < -0.39 is 0 Å². The van der Waals surface area contributed by atoms with Crippen LogP contribution in [0.2, 0.25) is 0 Å². The van der Waals surface area contributed by atoms with Crippen molar-refractivity contribution in [3.8, 4) is 5.75 Å². The molecule has 1 aliphatic heterocycles. The van der Waals surface area contributed by atoms with Gasteiger partial charge in [-0.2, -0.15) is 0 Å². The number of nitrogens with zero attached hydrogens (tertiary/aromatic N) is 1. The topological polar surface area (TPSA) is 58.6 Å². The van der Waals surface area contributed by atoms with Crippen molar-refractivity contribution in [2.45, 2.75) is 26.2 Å². The molecule has 1 unspecified atom stereocenters. The number of likely N-dealkylation sites (tertiary alicyclic amines) is 1. The third-order valence-electron chi connectivity index (χ3n) is 4.18. The number of rotatable bonds is 8. The lowest BCUT2D eigenvalue weighted by Gasteiger charge is -2.16. The average molecular weight is 318 g/mol. The number of nitrogens with one attached hydrogen (secondary N) is 1. The molecule has 1 atom stereocenters. The number of ether oxygens (including phenoxy) is 1. The molecule has 1 heterocycles. The van der Waals surface area contributed by atoms with E-state index in [-0.39, 0.29) is 24.5 Å². The highest BCUT2D eigenvalue weighted by Crippen LogP contribution is 2.18. The van der Waals surface area contributed by atoms with Gasteiger partial charge in [-0.3, -0.25) is 9.59 Å². The van der Waals surface area contributed by atoms with Crippen LogP contribution in [0.4, 0.5) is 0 Å². The van der Waals surface area contributed by atoms with Gasteiger partial charge in [0, 0.05) is 31.5 Å². The minimum absolute atomic E-state index is 0.00682. The molecular formula is C18H26N2O3. The highest BCUT2D eigenvalue weighted by Gasteiger charge is 2.25. The molecule has 23 heavy (non-hydrogen) atoms. The molecule has 1 aliphatic rings. The largest absolute Gasteiger partial charge is 0.494 e. The van der Waals surface area contributed by atoms with Crippen LogP contribution in [0.15, 0.2) is 24.3 Å². The van der Waals surface area contributed by atoms with Gasteiger partial charge in [0.25, 0.3) is 0 Å². The third kappa shape index (κ3) is 5.06. The number of ketones is 1. The molecule has 0 aliphatic carbocycles. The van der Waals surface area contributed by atoms with Gasteiger partial charge in [0.05, 0.1) is 6.61 Å². The maximum atomic E-state index is 12.2. The molecule has 1 aromatic rings. The number of carbonyl (C=O) groups excluding carboxylic acids is 2. The molecular weight excluding hydrogens is 292 g/mol. The summed E-state index contributed by atoms with van der Waals surface area (Å²) >= 11 is 0. The standard InChI is InChI=1S/C18H26N2O3/c1-3-23-16-6-4-15(5-7-16)17(21)8-9-18(22)20-11-10-14(13-20)12-19-2/h4-7,14,19H,3,8-13H2,1-2H3. The zero-order chi connectivity index (χ0) is 16.7. The Hall–Kier alpha value is -1.88. The lowest BCUT2D eigenvalue weighted by molar-refractivity contribution is -0.130. The minimum atomic E-state index is 0.00682. The first-order chi connectivity index (χ1) is 11.1. The van der Waals surface area contributed by atoms with Crippen molar-refractivity contribution in [1.29, 1.82) is 0 Å². The fraction of sp³-hybridized carbons (Fsp3) is 0.556. The Bertz CT molecular complexity index is 528. The summed E-state index contributed by atoms with van der Waals surface area (Å²) in [4.78, 5) is 26.3. The molecule has 1 N–H and O–H groups in total. The summed E-state index contributed by atoms with van der Waals surface area (Å²) < 4.78 is 5.36. The predicted molar refractivity (Wildman–Crippen MR) is 89.8 cm³/mol. The molecule has 0 saturated carbocycles. The molecule has 0 radical (unpaired) electrons. The van der Waals surface area contributed by atoms with Crippen LogP contribution < -0.4 is 10.1 Å². The molecule has 0 aromatic heterocycles. The van der Waals surface area contributed by atoms with Crippen LogP contribution >= 0.6 is 0 Å². The Balaban J connectivity index is 1.78. The second-order valence-corrected chi connectivity index (χ2v) is 5.93. The fourth-order valence-corrected chi connectivity index (χ4v) is 2.94. The first kappa shape index (κ1) is 17.5. The summed E-state index contributed by atoms with van der Waals surface area (Å²) in [6.07, 6.45) is 1.59. The quantitative estimate of drug-likeness (QED) is 0.746. The van der Waals surface area contributed by atoms with Gasteiger partial charge in [-0.05, 0) is 57.1 Å². The number of benzene rings is 1. The summed E-state index contributed by atoms with van der Waals surface area (Å²) in [5.41, 5.74) is 0.635. The van der Waals surface area contributed by atoms with Crippen molar-refractivity contribution in [2.24, 2.45) is 5.92 Å². The lowest BCUT2D eigenvalue weighted by Crippen LogP contribution is -2.30. The van der Waals surface area contributed by atoms with Gasteiger partial charge in [-0.25, -0.2) is 0 Å². The van der Waals surface area contributed by atoms with Gasteiger partial charge in [0.1, 0.15) is 5.75 Å². The second-order valence-electron chi connectivity index (χ2n) is 5.93. The van der Waals surface area contributed by atoms with Crippen molar-refractivity contribution in [1.82, 2.24) is 10.2 Å². The fourth-order valence-electron chi connectivity index (χ4n) is 2.94. The summed E-state index contributed by atoms with van der Waals surface area (Å²) in [6, 6.07) is 7.11. The Kier molecular flexibility index (Phi) is 6.59. The number of hydrogen-bond acceptors (Lipinski definition) is 4. The maximum Gasteiger partial charge on any atom is 0.223 e. The molecule has 0 bridgehead atoms. The van der Waals surface area contributed by atoms with Crippen LogP contribution in [0, 0.1) is 5.92 Å². The molecule has 2 rings (SSSR count). The Morgan fingerprint density at radius 1 is 1.26 bits per heavy atom. The smallest absolute Gasteiger partial charge is 0.223 e. The summed E-state index contributed by atoms with van der Waals surface area (Å²) in [5.74, 6) is 1.38. The zero-order valence-electron chi connectivity index (χ0n) is 14.0. The predicted octanol–water partition coefficient (Wildman–Crippen LogP) is 2.12. The van der Waals surface area contributed by atoms with E-state index in [1.165, 1.54) is 0 Å². The zero-order valence-corrected chi connectivity index (χ0v) is 14.0. The summed E-state index contributed by atoms with van der Waals surface area (Å²) in [5, 5.41) is 3.15. The van der Waals surface area contributed by atoms with Crippen molar-refractivity contribution in [3.63, 3.8) is 0 Å². The van der Waals surface area contributed by atoms with E-state index in [0.717, 1.165) is 31.8 Å². The average Bonchev–Trinajstić information content (AvgIpc) is 3.02. The van der Waals surface area contributed by atoms with Gasteiger partial charge >= 0.3 is 0 Å². The Morgan fingerprint density at radius 3 is 2.65 bits per heavy atom. The monoisotopic (exact) mass is 318 g/mol. The van der Waals surface area contributed by atoms with E-state index in [1.54, 1.807) is 24.3 Å². The summed E-state index contributed by atoms with van der Waals surface area (Å²) in [6.45, 7) is 5.07. The highest BCUT2D eigenvalue weighted by molar-refractivity contribution is 5.98. The molecule has 1 amide bonds. The molecule has 1 aromatic carbocycles. The minimum Gasteiger partial charge on any atom is -0.494 e. The third-order valence-corrected chi connectivity index (χ3v) is 4.18. The number of Topliss-reactive ketones (excluding diaryl/α,β-unsaturated/α-hetero) is 1. The van der Waals surface area contributed by atoms with Crippen molar-refractivity contribution in [3.05, 3.63) is 29.8 Å². The summed E-state index contributed by atoms with van der Waals surface area (Å²) in [7, 11) is 1.93. The first-order valence-corrected chi connectivity index (χ1v) is 8.32. The number of hydrogen-bond donors (Lipinski definition) is 1. The van der Waals surface area contributed by atoms with E-state index in [9.17, 15) is 9.59 Å². The van der Waals surface area contributed by atoms with Gasteiger partial charge in [0.15, 0.2) is 5.78 Å². The SMILES string of the molecule is CCOc1ccc(C(=O)CCC(=O)N2CCC(CNC)C2)cc1. The molecule has 5 heteroatoms. The van der Waals surface area contributed by atoms with Crippen LogP contribution in [0.25, 0.3) is 0 Å². The Morgan fingerprint density at radius 2 is 2.00 bits per heavy atom. The van der Waals surface area contributed by atoms with E-state index in [4.69, 9.17) is 4.74 Å². The van der Waals surface area contributed by atoms with Crippen LogP contribution in [-0.2, 0) is 4.79 Å². The van der Waals surface area contributed by atoms with Gasteiger partial charge < -0.3 is 15.0 Å². The van der Waals surface area contributed by atoms with E-state index in [2.05, 4.69) is 5.32 Å². The van der Waals surface area contributed by atoms with Crippen LogP contribution in [0.3, 0.4) is 0 Å². The molecule has 126 valence electrons. The number of carbonyl (C=O) groups is 2. The lowest BCUT2D eigenvalue weighted by atomic mass is 10.1. The maximum absolute atomic E-state index is 12.2. The highest BCUT2D eigenvalue weighted by atomic mass is 16.5. The second kappa shape index (κ2) is 8.67. The molecule has 5 nitrogen and oxygen atoms in total. The van der Waals surface area contributed by atoms with Gasteiger partial charge in [0.2, 0.25) is 5.91 Å². The van der Waals surface area contributed by atoms with Crippen LogP contribution in [0.5, 0.6) is 5.75 Å². The van der Waals surface area contributed by atoms with Crippen molar-refractivity contribution >= 4 is 11.7 Å². The molecule has 1 fully saturated rings. The van der Waals surface area contributed by atoms with E-state index in [0.29, 0.717) is 18.1 Å². The van der Waals surface area contributed by atoms with E-state index >= 15 is 0 Å². The van der Waals surface area contributed by atoms with Crippen LogP contribution in [0.1, 0.15) is 36.5 Å². The van der Waals surface area contributed by atoms with Gasteiger partial charge in [-0.1, -0.05) is 0 Å². The first-order valence-electron chi connectivity index (χ1n) is 8.32. The van der Waals surface area contributed by atoms with Crippen LogP contribution in [-0.4, -0.2) is 49.9 Å².